The van der Waals surface area contributed by atoms with Gasteiger partial charge in [-0.05, 0) is 37.1 Å². The van der Waals surface area contributed by atoms with Gasteiger partial charge in [0.25, 0.3) is 5.56 Å². The summed E-state index contributed by atoms with van der Waals surface area (Å²) in [5.74, 6) is 0.291. The van der Waals surface area contributed by atoms with Crippen molar-refractivity contribution < 1.29 is 9.53 Å². The Labute approximate surface area is 200 Å². The number of benzene rings is 2. The third-order valence-electron chi connectivity index (χ3n) is 5.17. The summed E-state index contributed by atoms with van der Waals surface area (Å²) < 4.78 is 6.71. The molecule has 5 nitrogen and oxygen atoms in total. The molecule has 2 aromatic heterocycles. The lowest BCUT2D eigenvalue weighted by atomic mass is 10.1. The van der Waals surface area contributed by atoms with Crippen molar-refractivity contribution >= 4 is 39.3 Å². The lowest BCUT2D eigenvalue weighted by molar-refractivity contribution is 0.0526. The minimum absolute atomic E-state index is 0.0584. The lowest BCUT2D eigenvalue weighted by Crippen LogP contribution is -2.22. The number of aromatic nitrogens is 2. The smallest absolute Gasteiger partial charge is 0.338 e. The van der Waals surface area contributed by atoms with E-state index in [-0.39, 0.29) is 11.5 Å². The Morgan fingerprint density at radius 1 is 1.18 bits per heavy atom. The van der Waals surface area contributed by atoms with Gasteiger partial charge in [-0.2, -0.15) is 0 Å². The van der Waals surface area contributed by atoms with Crippen LogP contribution in [-0.2, 0) is 17.0 Å². The fraction of sp³-hybridized carbons (Fsp3) is 0.192. The van der Waals surface area contributed by atoms with Gasteiger partial charge in [-0.3, -0.25) is 9.36 Å². The van der Waals surface area contributed by atoms with Crippen molar-refractivity contribution in [2.24, 2.45) is 0 Å². The van der Waals surface area contributed by atoms with E-state index in [1.54, 1.807) is 29.7 Å². The minimum atomic E-state index is -0.328. The fourth-order valence-corrected chi connectivity index (χ4v) is 5.40. The molecule has 0 aliphatic heterocycles. The van der Waals surface area contributed by atoms with Crippen LogP contribution in [0.4, 0.5) is 0 Å². The topological polar surface area (TPSA) is 61.2 Å². The molecule has 0 spiro atoms. The van der Waals surface area contributed by atoms with Crippen molar-refractivity contribution in [1.82, 2.24) is 9.55 Å². The molecular weight excluding hydrogens is 452 g/mol. The predicted octanol–water partition coefficient (Wildman–Crippen LogP) is 6.09. The zero-order valence-electron chi connectivity index (χ0n) is 18.5. The first kappa shape index (κ1) is 23.0. The van der Waals surface area contributed by atoms with Gasteiger partial charge < -0.3 is 4.74 Å². The Balaban J connectivity index is 1.64. The van der Waals surface area contributed by atoms with Gasteiger partial charge in [0.1, 0.15) is 4.83 Å². The number of ether oxygens (including phenoxy) is 1. The first-order valence-electron chi connectivity index (χ1n) is 10.6. The molecule has 2 heterocycles. The average Bonchev–Trinajstić information content (AvgIpc) is 3.25. The summed E-state index contributed by atoms with van der Waals surface area (Å²) in [6.07, 6.45) is 1.71. The van der Waals surface area contributed by atoms with Crippen LogP contribution in [0.2, 0.25) is 0 Å². The highest BCUT2D eigenvalue weighted by Gasteiger charge is 2.17. The third-order valence-corrected chi connectivity index (χ3v) is 7.09. The number of hydrogen-bond acceptors (Lipinski definition) is 6. The molecule has 0 aliphatic rings. The van der Waals surface area contributed by atoms with Gasteiger partial charge in [0.15, 0.2) is 5.16 Å². The van der Waals surface area contributed by atoms with Gasteiger partial charge in [-0.15, -0.1) is 17.9 Å². The maximum atomic E-state index is 13.5. The summed E-state index contributed by atoms with van der Waals surface area (Å²) in [4.78, 5) is 30.9. The van der Waals surface area contributed by atoms with Gasteiger partial charge in [-0.1, -0.05) is 59.8 Å². The summed E-state index contributed by atoms with van der Waals surface area (Å²) in [7, 11) is 0. The molecule has 2 aromatic carbocycles. The number of carbonyl (C=O) groups excluding carboxylic acids is 1. The first-order valence-corrected chi connectivity index (χ1v) is 12.5. The lowest BCUT2D eigenvalue weighted by Gasteiger charge is -2.11. The molecule has 0 atom stereocenters. The second kappa shape index (κ2) is 10.2. The van der Waals surface area contributed by atoms with E-state index >= 15 is 0 Å². The highest BCUT2D eigenvalue weighted by molar-refractivity contribution is 7.98. The fourth-order valence-electron chi connectivity index (χ4n) is 3.45. The van der Waals surface area contributed by atoms with Crippen LogP contribution < -0.4 is 5.56 Å². The molecule has 33 heavy (non-hydrogen) atoms. The second-order valence-electron chi connectivity index (χ2n) is 7.50. The number of thioether (sulfide) groups is 1. The second-order valence-corrected chi connectivity index (χ2v) is 9.30. The summed E-state index contributed by atoms with van der Waals surface area (Å²) in [6, 6.07) is 15.5. The molecule has 0 aliphatic carbocycles. The quantitative estimate of drug-likeness (QED) is 0.133. The number of esters is 1. The maximum absolute atomic E-state index is 13.5. The molecule has 168 valence electrons. The molecular formula is C26H24N2O3S2. The summed E-state index contributed by atoms with van der Waals surface area (Å²) in [5.41, 5.74) is 4.59. The SMILES string of the molecule is C=CCn1c(SCc2ccc(C(=O)OCC)cc2)nc2scc(-c3ccc(C)cc3)c2c1=O. The zero-order chi connectivity index (χ0) is 23.4. The maximum Gasteiger partial charge on any atom is 0.338 e. The number of aryl methyl sites for hydroxylation is 1. The van der Waals surface area contributed by atoms with Gasteiger partial charge in [0.2, 0.25) is 0 Å². The minimum Gasteiger partial charge on any atom is -0.462 e. The van der Waals surface area contributed by atoms with E-state index < -0.39 is 0 Å². The summed E-state index contributed by atoms with van der Waals surface area (Å²) >= 11 is 2.98. The van der Waals surface area contributed by atoms with Crippen molar-refractivity contribution in [2.45, 2.75) is 31.3 Å². The van der Waals surface area contributed by atoms with Crippen LogP contribution in [-0.4, -0.2) is 22.1 Å². The van der Waals surface area contributed by atoms with Gasteiger partial charge >= 0.3 is 5.97 Å². The molecule has 0 unspecified atom stereocenters. The standard InChI is InChI=1S/C26H24N2O3S2/c1-4-14-28-24(29)22-21(19-10-6-17(3)7-11-19)16-32-23(22)27-26(28)33-15-18-8-12-20(13-9-18)25(30)31-5-2/h4,6-13,16H,1,5,14-15H2,2-3H3. The third kappa shape index (κ3) is 4.94. The number of nitrogens with zero attached hydrogens (tertiary/aromatic N) is 2. The Hall–Kier alpha value is -3.16. The molecule has 0 saturated heterocycles. The molecule has 0 N–H and O–H groups in total. The van der Waals surface area contributed by atoms with Crippen molar-refractivity contribution in [3.63, 3.8) is 0 Å². The van der Waals surface area contributed by atoms with Gasteiger partial charge in [0.05, 0.1) is 17.6 Å². The number of fused-ring (bicyclic) bond motifs is 1. The monoisotopic (exact) mass is 476 g/mol. The van der Waals surface area contributed by atoms with E-state index in [9.17, 15) is 9.59 Å². The Morgan fingerprint density at radius 2 is 1.91 bits per heavy atom. The van der Waals surface area contributed by atoms with Crippen molar-refractivity contribution in [1.29, 1.82) is 0 Å². The number of allylic oxidation sites excluding steroid dienone is 1. The Morgan fingerprint density at radius 3 is 2.58 bits per heavy atom. The molecule has 0 amide bonds. The molecule has 0 saturated carbocycles. The molecule has 7 heteroatoms. The van der Waals surface area contributed by atoms with Crippen LogP contribution in [0.1, 0.15) is 28.4 Å². The largest absolute Gasteiger partial charge is 0.462 e. The van der Waals surface area contributed by atoms with Crippen LogP contribution in [0.25, 0.3) is 21.3 Å². The van der Waals surface area contributed by atoms with Crippen LogP contribution in [0.3, 0.4) is 0 Å². The van der Waals surface area contributed by atoms with E-state index in [1.165, 1.54) is 28.7 Å². The Bertz CT molecular complexity index is 1350. The number of thiophene rings is 1. The van der Waals surface area contributed by atoms with E-state index in [4.69, 9.17) is 9.72 Å². The molecule has 4 rings (SSSR count). The van der Waals surface area contributed by atoms with E-state index in [2.05, 4.69) is 6.58 Å². The molecule has 0 bridgehead atoms. The van der Waals surface area contributed by atoms with Crippen LogP contribution in [0, 0.1) is 6.92 Å². The predicted molar refractivity (Wildman–Crippen MR) is 136 cm³/mol. The normalized spacial score (nSPS) is 11.0. The van der Waals surface area contributed by atoms with Crippen LogP contribution in [0.15, 0.2) is 76.5 Å². The number of hydrogen-bond donors (Lipinski definition) is 0. The van der Waals surface area contributed by atoms with Crippen molar-refractivity contribution in [3.8, 4) is 11.1 Å². The van der Waals surface area contributed by atoms with Gasteiger partial charge in [0, 0.05) is 23.2 Å². The number of carbonyl (C=O) groups is 1. The first-order chi connectivity index (χ1) is 16.0. The zero-order valence-corrected chi connectivity index (χ0v) is 20.2. The summed E-state index contributed by atoms with van der Waals surface area (Å²) in [6.45, 7) is 8.38. The highest BCUT2D eigenvalue weighted by Crippen LogP contribution is 2.33. The van der Waals surface area contributed by atoms with E-state index in [0.29, 0.717) is 35.0 Å². The van der Waals surface area contributed by atoms with E-state index in [0.717, 1.165) is 21.5 Å². The highest BCUT2D eigenvalue weighted by atomic mass is 32.2. The van der Waals surface area contributed by atoms with Gasteiger partial charge in [-0.25, -0.2) is 9.78 Å². The molecule has 4 aromatic rings. The van der Waals surface area contributed by atoms with E-state index in [1.807, 2.05) is 48.7 Å². The van der Waals surface area contributed by atoms with Crippen molar-refractivity contribution in [3.05, 3.63) is 93.6 Å². The average molecular weight is 477 g/mol. The van der Waals surface area contributed by atoms with Crippen LogP contribution in [0.5, 0.6) is 0 Å². The van der Waals surface area contributed by atoms with Crippen LogP contribution >= 0.6 is 23.1 Å². The molecule has 0 radical (unpaired) electrons. The Kier molecular flexibility index (Phi) is 7.11. The molecule has 0 fully saturated rings. The number of rotatable bonds is 8. The summed E-state index contributed by atoms with van der Waals surface area (Å²) in [5, 5.41) is 3.30. The van der Waals surface area contributed by atoms with Crippen molar-refractivity contribution in [2.75, 3.05) is 6.61 Å².